The predicted molar refractivity (Wildman–Crippen MR) is 80.2 cm³/mol. The summed E-state index contributed by atoms with van der Waals surface area (Å²) in [6.07, 6.45) is 3.40. The second-order valence-electron chi connectivity index (χ2n) is 5.32. The van der Waals surface area contributed by atoms with Crippen LogP contribution in [-0.2, 0) is 4.79 Å². The molecule has 1 aliphatic rings. The number of thioether (sulfide) groups is 1. The summed E-state index contributed by atoms with van der Waals surface area (Å²) in [5.41, 5.74) is 7.42. The topological polar surface area (TPSA) is 46.3 Å². The van der Waals surface area contributed by atoms with Gasteiger partial charge in [0.25, 0.3) is 0 Å². The zero-order valence-electron chi connectivity index (χ0n) is 11.8. The Morgan fingerprint density at radius 2 is 1.95 bits per heavy atom. The summed E-state index contributed by atoms with van der Waals surface area (Å²) >= 11 is 1.72. The number of benzene rings is 1. The van der Waals surface area contributed by atoms with Crippen LogP contribution in [0, 0.1) is 0 Å². The van der Waals surface area contributed by atoms with Crippen LogP contribution < -0.4 is 5.73 Å². The number of hydrogen-bond acceptors (Lipinski definition) is 3. The largest absolute Gasteiger partial charge is 0.332 e. The molecule has 1 aromatic carbocycles. The van der Waals surface area contributed by atoms with Crippen molar-refractivity contribution in [2.45, 2.75) is 49.7 Å². The van der Waals surface area contributed by atoms with E-state index in [0.717, 1.165) is 12.0 Å². The minimum Gasteiger partial charge on any atom is -0.332 e. The first-order valence-electron chi connectivity index (χ1n) is 6.75. The van der Waals surface area contributed by atoms with Gasteiger partial charge in [-0.15, -0.1) is 11.8 Å². The van der Waals surface area contributed by atoms with E-state index in [4.69, 9.17) is 5.73 Å². The number of carbonyl (C=O) groups is 1. The normalized spacial score (nSPS) is 24.1. The Hall–Kier alpha value is -1.00. The summed E-state index contributed by atoms with van der Waals surface area (Å²) in [7, 11) is 0. The van der Waals surface area contributed by atoms with Gasteiger partial charge in [-0.3, -0.25) is 4.79 Å². The zero-order valence-corrected chi connectivity index (χ0v) is 12.6. The van der Waals surface area contributed by atoms with Crippen LogP contribution in [0.1, 0.15) is 38.3 Å². The van der Waals surface area contributed by atoms with Crippen molar-refractivity contribution in [1.82, 2.24) is 4.90 Å². The van der Waals surface area contributed by atoms with Gasteiger partial charge in [0.15, 0.2) is 0 Å². The van der Waals surface area contributed by atoms with Crippen molar-refractivity contribution in [3.63, 3.8) is 0 Å². The Labute approximate surface area is 119 Å². The summed E-state index contributed by atoms with van der Waals surface area (Å²) in [4.78, 5) is 15.3. The first-order valence-corrected chi connectivity index (χ1v) is 7.97. The predicted octanol–water partition coefficient (Wildman–Crippen LogP) is 2.81. The number of hydrogen-bond donors (Lipinski definition) is 1. The van der Waals surface area contributed by atoms with Crippen LogP contribution in [0.3, 0.4) is 0 Å². The second kappa shape index (κ2) is 5.97. The van der Waals surface area contributed by atoms with Gasteiger partial charge in [-0.25, -0.2) is 0 Å². The molecule has 0 saturated carbocycles. The number of rotatable bonds is 3. The molecule has 1 aromatic rings. The smallest absolute Gasteiger partial charge is 0.223 e. The number of carbonyl (C=O) groups excluding carboxylic acids is 1. The van der Waals surface area contributed by atoms with Crippen LogP contribution in [0.25, 0.3) is 0 Å². The van der Waals surface area contributed by atoms with E-state index in [-0.39, 0.29) is 24.0 Å². The Kier molecular flexibility index (Phi) is 4.53. The Morgan fingerprint density at radius 1 is 1.32 bits per heavy atom. The monoisotopic (exact) mass is 278 g/mol. The zero-order chi connectivity index (χ0) is 14.0. The number of nitrogens with two attached hydrogens (primary N) is 1. The minimum absolute atomic E-state index is 0.0113. The molecule has 2 rings (SSSR count). The van der Waals surface area contributed by atoms with Crippen LogP contribution in [0.4, 0.5) is 0 Å². The van der Waals surface area contributed by atoms with Crippen molar-refractivity contribution in [3.05, 3.63) is 29.8 Å². The molecule has 1 aliphatic heterocycles. The van der Waals surface area contributed by atoms with Gasteiger partial charge in [0.1, 0.15) is 0 Å². The molecule has 2 atom stereocenters. The number of likely N-dealkylation sites (tertiary alicyclic amines) is 1. The van der Waals surface area contributed by atoms with Gasteiger partial charge in [-0.1, -0.05) is 12.1 Å². The Balaban J connectivity index is 2.33. The second-order valence-corrected chi connectivity index (χ2v) is 6.19. The van der Waals surface area contributed by atoms with Crippen LogP contribution in [0.15, 0.2) is 29.2 Å². The van der Waals surface area contributed by atoms with Gasteiger partial charge >= 0.3 is 0 Å². The quantitative estimate of drug-likeness (QED) is 0.865. The summed E-state index contributed by atoms with van der Waals surface area (Å²) in [6, 6.07) is 8.63. The van der Waals surface area contributed by atoms with Crippen molar-refractivity contribution >= 4 is 17.7 Å². The molecule has 0 radical (unpaired) electrons. The van der Waals surface area contributed by atoms with Crippen molar-refractivity contribution in [2.24, 2.45) is 5.73 Å². The van der Waals surface area contributed by atoms with Gasteiger partial charge in [-0.2, -0.15) is 0 Å². The Bertz CT molecular complexity index is 444. The summed E-state index contributed by atoms with van der Waals surface area (Å²) in [5.74, 6) is 0.218. The van der Waals surface area contributed by atoms with Crippen LogP contribution >= 0.6 is 11.8 Å². The Morgan fingerprint density at radius 3 is 2.47 bits per heavy atom. The molecule has 2 N–H and O–H groups in total. The fourth-order valence-corrected chi connectivity index (χ4v) is 3.16. The number of piperidine rings is 1. The highest BCUT2D eigenvalue weighted by Crippen LogP contribution is 2.33. The fraction of sp³-hybridized carbons (Fsp3) is 0.533. The van der Waals surface area contributed by atoms with Crippen LogP contribution in [0.5, 0.6) is 0 Å². The third-order valence-electron chi connectivity index (χ3n) is 3.70. The first-order chi connectivity index (χ1) is 9.04. The SMILES string of the molecule is CSc1ccc(C2C(N)CCC(=O)N2C(C)C)cc1. The molecule has 3 nitrogen and oxygen atoms in total. The van der Waals surface area contributed by atoms with E-state index in [1.807, 2.05) is 4.90 Å². The maximum atomic E-state index is 12.2. The standard InChI is InChI=1S/C15H22N2OS/c1-10(2)17-14(18)9-8-13(16)15(17)11-4-6-12(19-3)7-5-11/h4-7,10,13,15H,8-9,16H2,1-3H3. The molecule has 1 heterocycles. The lowest BCUT2D eigenvalue weighted by Crippen LogP contribution is -2.51. The van der Waals surface area contributed by atoms with E-state index in [0.29, 0.717) is 6.42 Å². The van der Waals surface area contributed by atoms with E-state index in [2.05, 4.69) is 44.4 Å². The first kappa shape index (κ1) is 14.4. The molecule has 0 bridgehead atoms. The molecule has 2 unspecified atom stereocenters. The molecule has 0 aromatic heterocycles. The van der Waals surface area contributed by atoms with E-state index in [1.165, 1.54) is 4.90 Å². The average molecular weight is 278 g/mol. The molecular formula is C15H22N2OS. The van der Waals surface area contributed by atoms with Crippen LogP contribution in [-0.4, -0.2) is 29.1 Å². The molecule has 104 valence electrons. The van der Waals surface area contributed by atoms with E-state index in [1.54, 1.807) is 11.8 Å². The minimum atomic E-state index is 0.0113. The average Bonchev–Trinajstić information content (AvgIpc) is 2.41. The van der Waals surface area contributed by atoms with E-state index >= 15 is 0 Å². The van der Waals surface area contributed by atoms with Gasteiger partial charge in [0, 0.05) is 23.4 Å². The third-order valence-corrected chi connectivity index (χ3v) is 4.44. The lowest BCUT2D eigenvalue weighted by molar-refractivity contribution is -0.139. The molecule has 1 fully saturated rings. The lowest BCUT2D eigenvalue weighted by Gasteiger charge is -2.42. The number of nitrogens with zero attached hydrogens (tertiary/aromatic N) is 1. The van der Waals surface area contributed by atoms with Crippen molar-refractivity contribution in [1.29, 1.82) is 0 Å². The van der Waals surface area contributed by atoms with Crippen LogP contribution in [0.2, 0.25) is 0 Å². The molecule has 0 spiro atoms. The van der Waals surface area contributed by atoms with Crippen molar-refractivity contribution in [3.8, 4) is 0 Å². The molecule has 0 aliphatic carbocycles. The third kappa shape index (κ3) is 2.95. The van der Waals surface area contributed by atoms with Gasteiger partial charge in [-0.05, 0) is 44.2 Å². The van der Waals surface area contributed by atoms with Crippen molar-refractivity contribution < 1.29 is 4.79 Å². The molecular weight excluding hydrogens is 256 g/mol. The molecule has 4 heteroatoms. The van der Waals surface area contributed by atoms with E-state index in [9.17, 15) is 4.79 Å². The van der Waals surface area contributed by atoms with Crippen molar-refractivity contribution in [2.75, 3.05) is 6.26 Å². The summed E-state index contributed by atoms with van der Waals surface area (Å²) < 4.78 is 0. The summed E-state index contributed by atoms with van der Waals surface area (Å²) in [5, 5.41) is 0. The fourth-order valence-electron chi connectivity index (χ4n) is 2.76. The van der Waals surface area contributed by atoms with Gasteiger partial charge < -0.3 is 10.6 Å². The lowest BCUT2D eigenvalue weighted by atomic mass is 9.89. The molecule has 19 heavy (non-hydrogen) atoms. The van der Waals surface area contributed by atoms with Gasteiger partial charge in [0.2, 0.25) is 5.91 Å². The summed E-state index contributed by atoms with van der Waals surface area (Å²) in [6.45, 7) is 4.11. The maximum absolute atomic E-state index is 12.2. The molecule has 1 saturated heterocycles. The highest BCUT2D eigenvalue weighted by Gasteiger charge is 2.36. The van der Waals surface area contributed by atoms with Gasteiger partial charge in [0.05, 0.1) is 6.04 Å². The van der Waals surface area contributed by atoms with E-state index < -0.39 is 0 Å². The highest BCUT2D eigenvalue weighted by molar-refractivity contribution is 7.98. The number of amides is 1. The maximum Gasteiger partial charge on any atom is 0.223 e. The molecule has 1 amide bonds. The highest BCUT2D eigenvalue weighted by atomic mass is 32.2.